The zero-order valence-electron chi connectivity index (χ0n) is 7.70. The van der Waals surface area contributed by atoms with E-state index in [2.05, 4.69) is 5.32 Å². The second kappa shape index (κ2) is 4.93. The Morgan fingerprint density at radius 1 is 1.31 bits per heavy atom. The Labute approximate surface area is 79.5 Å². The van der Waals surface area contributed by atoms with Crippen LogP contribution in [0.5, 0.6) is 0 Å². The van der Waals surface area contributed by atoms with Gasteiger partial charge in [-0.1, -0.05) is 0 Å². The summed E-state index contributed by atoms with van der Waals surface area (Å²) in [4.78, 5) is 0. The topological polar surface area (TPSA) is 66.4 Å². The van der Waals surface area contributed by atoms with Crippen LogP contribution in [0.25, 0.3) is 0 Å². The fourth-order valence-electron chi connectivity index (χ4n) is 1.70. The molecule has 0 aromatic rings. The molecule has 4 nitrogen and oxygen atoms in total. The number of nitrogens with one attached hydrogen (secondary N) is 1. The van der Waals surface area contributed by atoms with E-state index < -0.39 is 10.1 Å². The van der Waals surface area contributed by atoms with Gasteiger partial charge in [-0.05, 0) is 44.7 Å². The predicted molar refractivity (Wildman–Crippen MR) is 51.2 cm³/mol. The van der Waals surface area contributed by atoms with Crippen LogP contribution in [0.4, 0.5) is 0 Å². The van der Waals surface area contributed by atoms with Gasteiger partial charge in [-0.15, -0.1) is 0 Å². The Balaban J connectivity index is 2.27. The lowest BCUT2D eigenvalue weighted by molar-refractivity contribution is 0.436. The van der Waals surface area contributed by atoms with Crippen LogP contribution in [0.3, 0.4) is 0 Å². The highest BCUT2D eigenvalue weighted by atomic mass is 32.2. The standard InChI is InChI=1S/C8H17NO3S/c10-13(11,12)7-4-8-2-1-5-9-6-3-8/h8-9H,1-7H2,(H,10,11,12). The van der Waals surface area contributed by atoms with Gasteiger partial charge in [0, 0.05) is 0 Å². The highest BCUT2D eigenvalue weighted by Gasteiger charge is 2.14. The molecule has 0 spiro atoms. The summed E-state index contributed by atoms with van der Waals surface area (Å²) in [6.07, 6.45) is 3.80. The van der Waals surface area contributed by atoms with Crippen molar-refractivity contribution in [2.24, 2.45) is 5.92 Å². The first-order valence-corrected chi connectivity index (χ1v) is 6.35. The van der Waals surface area contributed by atoms with Gasteiger partial charge in [0.1, 0.15) is 0 Å². The first-order valence-electron chi connectivity index (χ1n) is 4.74. The van der Waals surface area contributed by atoms with Crippen molar-refractivity contribution >= 4 is 10.1 Å². The Morgan fingerprint density at radius 3 is 2.77 bits per heavy atom. The van der Waals surface area contributed by atoms with Gasteiger partial charge in [-0.2, -0.15) is 8.42 Å². The highest BCUT2D eigenvalue weighted by molar-refractivity contribution is 7.85. The summed E-state index contributed by atoms with van der Waals surface area (Å²) in [5.41, 5.74) is 0. The maximum absolute atomic E-state index is 10.5. The van der Waals surface area contributed by atoms with Crippen molar-refractivity contribution in [2.45, 2.75) is 25.7 Å². The van der Waals surface area contributed by atoms with Gasteiger partial charge in [0.05, 0.1) is 5.75 Å². The third kappa shape index (κ3) is 5.23. The molecule has 0 saturated carbocycles. The van der Waals surface area contributed by atoms with Crippen LogP contribution < -0.4 is 5.32 Å². The van der Waals surface area contributed by atoms with Crippen molar-refractivity contribution in [3.8, 4) is 0 Å². The molecule has 0 radical (unpaired) electrons. The molecule has 1 rings (SSSR count). The zero-order chi connectivity index (χ0) is 9.73. The van der Waals surface area contributed by atoms with Crippen molar-refractivity contribution in [2.75, 3.05) is 18.8 Å². The molecule has 1 heterocycles. The quantitative estimate of drug-likeness (QED) is 0.667. The number of hydrogen-bond acceptors (Lipinski definition) is 3. The van der Waals surface area contributed by atoms with Gasteiger partial charge >= 0.3 is 0 Å². The minimum absolute atomic E-state index is 0.0856. The van der Waals surface area contributed by atoms with Gasteiger partial charge in [0.25, 0.3) is 10.1 Å². The summed E-state index contributed by atoms with van der Waals surface area (Å²) in [7, 11) is -3.76. The van der Waals surface area contributed by atoms with Crippen molar-refractivity contribution < 1.29 is 13.0 Å². The van der Waals surface area contributed by atoms with Crippen LogP contribution >= 0.6 is 0 Å². The molecule has 78 valence electrons. The predicted octanol–water partition coefficient (Wildman–Crippen LogP) is 0.654. The monoisotopic (exact) mass is 207 g/mol. The second-order valence-electron chi connectivity index (χ2n) is 3.62. The average molecular weight is 207 g/mol. The van der Waals surface area contributed by atoms with Crippen LogP contribution in [0.15, 0.2) is 0 Å². The molecule has 1 fully saturated rings. The fraction of sp³-hybridized carbons (Fsp3) is 1.00. The van der Waals surface area contributed by atoms with Crippen LogP contribution in [0.1, 0.15) is 25.7 Å². The Hall–Kier alpha value is -0.130. The minimum Gasteiger partial charge on any atom is -0.317 e. The third-order valence-corrected chi connectivity index (χ3v) is 3.23. The van der Waals surface area contributed by atoms with E-state index in [4.69, 9.17) is 4.55 Å². The summed E-state index contributed by atoms with van der Waals surface area (Å²) in [5, 5.41) is 3.26. The Morgan fingerprint density at radius 2 is 2.08 bits per heavy atom. The molecule has 1 saturated heterocycles. The molecular formula is C8H17NO3S. The summed E-state index contributed by atoms with van der Waals surface area (Å²) < 4.78 is 29.6. The van der Waals surface area contributed by atoms with Crippen LogP contribution in [-0.4, -0.2) is 31.8 Å². The molecule has 0 amide bonds. The van der Waals surface area contributed by atoms with E-state index >= 15 is 0 Å². The van der Waals surface area contributed by atoms with Gasteiger partial charge in [-0.25, -0.2) is 0 Å². The summed E-state index contributed by atoms with van der Waals surface area (Å²) >= 11 is 0. The fourth-order valence-corrected chi connectivity index (χ4v) is 2.33. The Kier molecular flexibility index (Phi) is 4.15. The van der Waals surface area contributed by atoms with E-state index in [1.165, 1.54) is 0 Å². The van der Waals surface area contributed by atoms with E-state index in [0.717, 1.165) is 32.4 Å². The van der Waals surface area contributed by atoms with E-state index in [0.29, 0.717) is 12.3 Å². The van der Waals surface area contributed by atoms with Gasteiger partial charge in [0.2, 0.25) is 0 Å². The van der Waals surface area contributed by atoms with Crippen LogP contribution in [0.2, 0.25) is 0 Å². The van der Waals surface area contributed by atoms with Crippen LogP contribution in [0, 0.1) is 5.92 Å². The summed E-state index contributed by atoms with van der Waals surface area (Å²) in [6.45, 7) is 2.00. The largest absolute Gasteiger partial charge is 0.317 e. The molecule has 13 heavy (non-hydrogen) atoms. The number of hydrogen-bond donors (Lipinski definition) is 2. The minimum atomic E-state index is -3.76. The molecule has 1 aliphatic heterocycles. The molecule has 2 N–H and O–H groups in total. The molecule has 1 atom stereocenters. The maximum atomic E-state index is 10.5. The summed E-state index contributed by atoms with van der Waals surface area (Å²) in [5.74, 6) is 0.370. The molecule has 0 aromatic carbocycles. The molecular weight excluding hydrogens is 190 g/mol. The first-order chi connectivity index (χ1) is 6.08. The smallest absolute Gasteiger partial charge is 0.264 e. The normalized spacial score (nSPS) is 25.5. The highest BCUT2D eigenvalue weighted by Crippen LogP contribution is 2.17. The molecule has 0 aliphatic carbocycles. The molecule has 1 aliphatic rings. The van der Waals surface area contributed by atoms with E-state index in [1.54, 1.807) is 0 Å². The lowest BCUT2D eigenvalue weighted by Gasteiger charge is -2.11. The van der Waals surface area contributed by atoms with Crippen molar-refractivity contribution in [3.63, 3.8) is 0 Å². The van der Waals surface area contributed by atoms with E-state index in [9.17, 15) is 8.42 Å². The zero-order valence-corrected chi connectivity index (χ0v) is 8.52. The van der Waals surface area contributed by atoms with E-state index in [1.807, 2.05) is 0 Å². The van der Waals surface area contributed by atoms with Gasteiger partial charge in [0.15, 0.2) is 0 Å². The third-order valence-electron chi connectivity index (χ3n) is 2.48. The lowest BCUT2D eigenvalue weighted by atomic mass is 9.98. The average Bonchev–Trinajstić information content (AvgIpc) is 2.26. The molecule has 1 unspecified atom stereocenters. The number of rotatable bonds is 3. The SMILES string of the molecule is O=S(=O)(O)CCC1CCCNCC1. The lowest BCUT2D eigenvalue weighted by Crippen LogP contribution is -2.15. The molecule has 0 bridgehead atoms. The first kappa shape index (κ1) is 10.9. The van der Waals surface area contributed by atoms with Crippen LogP contribution in [-0.2, 0) is 10.1 Å². The maximum Gasteiger partial charge on any atom is 0.264 e. The van der Waals surface area contributed by atoms with Crippen molar-refractivity contribution in [1.29, 1.82) is 0 Å². The molecule has 0 aromatic heterocycles. The van der Waals surface area contributed by atoms with E-state index in [-0.39, 0.29) is 5.75 Å². The van der Waals surface area contributed by atoms with Crippen molar-refractivity contribution in [3.05, 3.63) is 0 Å². The van der Waals surface area contributed by atoms with Crippen molar-refractivity contribution in [1.82, 2.24) is 5.32 Å². The van der Waals surface area contributed by atoms with Gasteiger partial charge in [-0.3, -0.25) is 4.55 Å². The van der Waals surface area contributed by atoms with Gasteiger partial charge < -0.3 is 5.32 Å². The summed E-state index contributed by atoms with van der Waals surface area (Å²) in [6, 6.07) is 0. The Bertz CT molecular complexity index is 230. The molecule has 5 heteroatoms. The second-order valence-corrected chi connectivity index (χ2v) is 5.19.